The van der Waals surface area contributed by atoms with Gasteiger partial charge in [0.05, 0.1) is 18.4 Å². The van der Waals surface area contributed by atoms with Crippen LogP contribution in [0.5, 0.6) is 11.5 Å². The third-order valence-corrected chi connectivity index (χ3v) is 4.42. The average molecular weight is 403 g/mol. The number of carbonyl (C=O) groups is 1. The van der Waals surface area contributed by atoms with Crippen molar-refractivity contribution in [1.82, 2.24) is 0 Å². The number of benzene rings is 2. The summed E-state index contributed by atoms with van der Waals surface area (Å²) in [5, 5.41) is 2.08. The first-order valence-electron chi connectivity index (χ1n) is 7.51. The number of carbonyl (C=O) groups excluding carboxylic acids is 1. The summed E-state index contributed by atoms with van der Waals surface area (Å²) >= 11 is 0. The Morgan fingerprint density at radius 3 is 2.30 bits per heavy atom. The van der Waals surface area contributed by atoms with E-state index in [0.717, 1.165) is 25.5 Å². The number of hydrogen-bond donors (Lipinski definition) is 1. The van der Waals surface area contributed by atoms with Gasteiger partial charge >= 0.3 is 12.1 Å². The van der Waals surface area contributed by atoms with Gasteiger partial charge in [0.25, 0.3) is 0 Å². The zero-order chi connectivity index (χ0) is 20.2. The summed E-state index contributed by atoms with van der Waals surface area (Å²) in [6.07, 6.45) is -3.72. The Labute approximate surface area is 153 Å². The summed E-state index contributed by atoms with van der Waals surface area (Å²) in [6, 6.07) is 9.97. The van der Waals surface area contributed by atoms with Crippen LogP contribution in [0.2, 0.25) is 0 Å². The minimum absolute atomic E-state index is 0.211. The van der Waals surface area contributed by atoms with Gasteiger partial charge in [-0.2, -0.15) is 13.2 Å². The molecule has 0 aliphatic heterocycles. The lowest BCUT2D eigenvalue weighted by Crippen LogP contribution is -2.22. The van der Waals surface area contributed by atoms with Crippen LogP contribution >= 0.6 is 0 Å². The van der Waals surface area contributed by atoms with Gasteiger partial charge in [-0.1, -0.05) is 18.2 Å². The second kappa shape index (κ2) is 7.87. The van der Waals surface area contributed by atoms with Gasteiger partial charge in [-0.3, -0.25) is 0 Å². The molecule has 10 heteroatoms. The van der Waals surface area contributed by atoms with Crippen LogP contribution in [-0.2, 0) is 14.6 Å². The molecule has 2 aromatic rings. The van der Waals surface area contributed by atoms with Gasteiger partial charge in [-0.25, -0.2) is 13.2 Å². The molecule has 0 saturated heterocycles. The van der Waals surface area contributed by atoms with Crippen LogP contribution in [0.25, 0.3) is 0 Å². The largest absolute Gasteiger partial charge is 0.465 e. The van der Waals surface area contributed by atoms with Gasteiger partial charge < -0.3 is 14.8 Å². The number of rotatable bonds is 6. The van der Waals surface area contributed by atoms with Gasteiger partial charge in [0.2, 0.25) is 0 Å². The smallest absolute Gasteiger partial charge is 0.405 e. The number of methoxy groups -OCH3 is 1. The minimum atomic E-state index is -4.57. The van der Waals surface area contributed by atoms with Gasteiger partial charge in [-0.15, -0.1) is 0 Å². The van der Waals surface area contributed by atoms with Gasteiger partial charge in [-0.05, 0) is 24.3 Å². The van der Waals surface area contributed by atoms with E-state index in [1.54, 1.807) is 18.2 Å². The summed E-state index contributed by atoms with van der Waals surface area (Å²) < 4.78 is 72.4. The zero-order valence-corrected chi connectivity index (χ0v) is 15.1. The van der Waals surface area contributed by atoms with Crippen LogP contribution in [-0.4, -0.2) is 40.5 Å². The van der Waals surface area contributed by atoms with Gasteiger partial charge in [0.1, 0.15) is 17.2 Å². The van der Waals surface area contributed by atoms with Crippen LogP contribution in [0.1, 0.15) is 10.4 Å². The molecule has 0 fully saturated rings. The molecule has 0 unspecified atom stereocenters. The molecule has 0 amide bonds. The summed E-state index contributed by atoms with van der Waals surface area (Å²) in [4.78, 5) is 11.4. The molecule has 1 N–H and O–H groups in total. The molecule has 0 aliphatic rings. The Morgan fingerprint density at radius 2 is 1.78 bits per heavy atom. The molecule has 0 bridgehead atoms. The van der Waals surface area contributed by atoms with E-state index in [1.807, 2.05) is 0 Å². The maximum absolute atomic E-state index is 12.6. The highest BCUT2D eigenvalue weighted by atomic mass is 32.2. The summed E-state index contributed by atoms with van der Waals surface area (Å²) in [7, 11) is -2.88. The van der Waals surface area contributed by atoms with Gasteiger partial charge in [0, 0.05) is 6.26 Å². The Hall–Kier alpha value is -2.75. The van der Waals surface area contributed by atoms with E-state index in [1.165, 1.54) is 12.1 Å². The first kappa shape index (κ1) is 20.6. The molecule has 0 heterocycles. The molecule has 0 saturated carbocycles. The van der Waals surface area contributed by atoms with Crippen molar-refractivity contribution in [2.45, 2.75) is 11.1 Å². The summed E-state index contributed by atoms with van der Waals surface area (Å²) in [5.41, 5.74) is -0.539. The number of para-hydroxylation sites is 1. The van der Waals surface area contributed by atoms with Crippen molar-refractivity contribution >= 4 is 21.5 Å². The van der Waals surface area contributed by atoms with Crippen LogP contribution in [0.15, 0.2) is 47.4 Å². The van der Waals surface area contributed by atoms with E-state index in [0.29, 0.717) is 0 Å². The normalized spacial score (nSPS) is 11.7. The second-order valence-corrected chi connectivity index (χ2v) is 7.48. The van der Waals surface area contributed by atoms with Crippen LogP contribution in [0.4, 0.5) is 18.9 Å². The monoisotopic (exact) mass is 403 g/mol. The van der Waals surface area contributed by atoms with Crippen molar-refractivity contribution in [3.05, 3.63) is 48.0 Å². The number of nitrogens with one attached hydrogen (secondary N) is 1. The molecule has 2 aromatic carbocycles. The fourth-order valence-corrected chi connectivity index (χ4v) is 2.98. The lowest BCUT2D eigenvalue weighted by Gasteiger charge is -2.18. The van der Waals surface area contributed by atoms with Crippen molar-refractivity contribution in [3.63, 3.8) is 0 Å². The minimum Gasteiger partial charge on any atom is -0.465 e. The maximum Gasteiger partial charge on any atom is 0.405 e. The standard InChI is InChI=1S/C17H16F3NO5S/c1-25-16(22)11-8-13(21-10-17(18,19)20)15(14(9-11)27(2,23)24)26-12-6-4-3-5-7-12/h3-9,21H,10H2,1-2H3. The van der Waals surface area contributed by atoms with E-state index in [2.05, 4.69) is 10.1 Å². The van der Waals surface area contributed by atoms with Crippen molar-refractivity contribution in [1.29, 1.82) is 0 Å². The van der Waals surface area contributed by atoms with Crippen molar-refractivity contribution < 1.29 is 35.9 Å². The summed E-state index contributed by atoms with van der Waals surface area (Å²) in [6.45, 7) is -1.45. The van der Waals surface area contributed by atoms with Crippen LogP contribution < -0.4 is 10.1 Å². The van der Waals surface area contributed by atoms with Crippen molar-refractivity contribution in [3.8, 4) is 11.5 Å². The molecular formula is C17H16F3NO5S. The Morgan fingerprint density at radius 1 is 1.15 bits per heavy atom. The molecule has 6 nitrogen and oxygen atoms in total. The third kappa shape index (κ3) is 5.61. The molecule has 0 aliphatic carbocycles. The molecule has 2 rings (SSSR count). The molecule has 146 valence electrons. The molecule has 0 atom stereocenters. The molecule has 27 heavy (non-hydrogen) atoms. The highest BCUT2D eigenvalue weighted by Gasteiger charge is 2.29. The number of halogens is 3. The number of alkyl halides is 3. The zero-order valence-electron chi connectivity index (χ0n) is 14.3. The number of hydrogen-bond acceptors (Lipinski definition) is 6. The fraction of sp³-hybridized carbons (Fsp3) is 0.235. The first-order chi connectivity index (χ1) is 12.5. The Balaban J connectivity index is 2.65. The van der Waals surface area contributed by atoms with Crippen molar-refractivity contribution in [2.75, 3.05) is 25.2 Å². The Kier molecular flexibility index (Phi) is 5.99. The van der Waals surface area contributed by atoms with Crippen LogP contribution in [0, 0.1) is 0 Å². The highest BCUT2D eigenvalue weighted by molar-refractivity contribution is 7.90. The van der Waals surface area contributed by atoms with E-state index in [-0.39, 0.29) is 22.7 Å². The third-order valence-electron chi connectivity index (χ3n) is 3.32. The quantitative estimate of drug-likeness (QED) is 0.742. The summed E-state index contributed by atoms with van der Waals surface area (Å²) in [5.74, 6) is -1.04. The maximum atomic E-state index is 12.6. The van der Waals surface area contributed by atoms with Crippen LogP contribution in [0.3, 0.4) is 0 Å². The molecular weight excluding hydrogens is 387 g/mol. The first-order valence-corrected chi connectivity index (χ1v) is 9.40. The number of ether oxygens (including phenoxy) is 2. The highest BCUT2D eigenvalue weighted by Crippen LogP contribution is 2.38. The van der Waals surface area contributed by atoms with Gasteiger partial charge in [0.15, 0.2) is 15.6 Å². The second-order valence-electron chi connectivity index (χ2n) is 5.50. The average Bonchev–Trinajstić information content (AvgIpc) is 2.59. The predicted molar refractivity (Wildman–Crippen MR) is 92.0 cm³/mol. The number of sulfone groups is 1. The van der Waals surface area contributed by atoms with E-state index in [4.69, 9.17) is 4.74 Å². The number of esters is 1. The topological polar surface area (TPSA) is 81.7 Å². The molecule has 0 aromatic heterocycles. The van der Waals surface area contributed by atoms with E-state index in [9.17, 15) is 26.4 Å². The fourth-order valence-electron chi connectivity index (χ4n) is 2.15. The number of anilines is 1. The van der Waals surface area contributed by atoms with Crippen molar-refractivity contribution in [2.24, 2.45) is 0 Å². The SMILES string of the molecule is COC(=O)c1cc(NCC(F)(F)F)c(Oc2ccccc2)c(S(C)(=O)=O)c1. The van der Waals surface area contributed by atoms with E-state index < -0.39 is 33.4 Å². The predicted octanol–water partition coefficient (Wildman–Crippen LogP) is 3.64. The lowest BCUT2D eigenvalue weighted by molar-refractivity contribution is -0.115. The Bertz CT molecular complexity index is 928. The van der Waals surface area contributed by atoms with E-state index >= 15 is 0 Å². The lowest BCUT2D eigenvalue weighted by atomic mass is 10.1. The molecule has 0 radical (unpaired) electrons. The molecule has 0 spiro atoms.